The third kappa shape index (κ3) is 6.20. The third-order valence-corrected chi connectivity index (χ3v) is 9.09. The lowest BCUT2D eigenvalue weighted by Crippen LogP contribution is -2.70. The zero-order valence-corrected chi connectivity index (χ0v) is 24.3. The van der Waals surface area contributed by atoms with Gasteiger partial charge in [-0.3, -0.25) is 14.5 Å². The number of hydrogen-bond donors (Lipinski definition) is 1. The van der Waals surface area contributed by atoms with E-state index in [9.17, 15) is 14.4 Å². The Labute approximate surface area is 249 Å². The number of hydrogen-bond acceptors (Lipinski definition) is 8. The van der Waals surface area contributed by atoms with E-state index in [1.54, 1.807) is 43.5 Å². The van der Waals surface area contributed by atoms with Crippen LogP contribution in [-0.2, 0) is 32.1 Å². The van der Waals surface area contributed by atoms with Crippen LogP contribution in [0.2, 0.25) is 9.62 Å². The van der Waals surface area contributed by atoms with Gasteiger partial charge >= 0.3 is 5.97 Å². The molecule has 1 N–H and O–H groups in total. The summed E-state index contributed by atoms with van der Waals surface area (Å²) in [4.78, 5) is 45.4. The van der Waals surface area contributed by atoms with Gasteiger partial charge < -0.3 is 14.8 Å². The maximum atomic E-state index is 13.4. The van der Waals surface area contributed by atoms with Crippen molar-refractivity contribution in [2.75, 3.05) is 12.9 Å². The van der Waals surface area contributed by atoms with E-state index in [-0.39, 0.29) is 35.7 Å². The van der Waals surface area contributed by atoms with E-state index in [1.807, 2.05) is 30.3 Å². The predicted molar refractivity (Wildman–Crippen MR) is 156 cm³/mol. The first-order chi connectivity index (χ1) is 19.3. The highest BCUT2D eigenvalue weighted by Gasteiger charge is 2.54. The Morgan fingerprint density at radius 1 is 1.10 bits per heavy atom. The maximum Gasteiger partial charge on any atom is 0.355 e. The number of fused-ring (bicyclic) bond motifs is 1. The number of ether oxygens (including phenoxy) is 2. The van der Waals surface area contributed by atoms with Gasteiger partial charge in [-0.1, -0.05) is 71.7 Å². The molecular weight excluding hydrogens is 593 g/mol. The van der Waals surface area contributed by atoms with E-state index in [4.69, 9.17) is 32.7 Å². The number of carbonyl (C=O) groups excluding carboxylic acids is 3. The Morgan fingerprint density at radius 3 is 2.52 bits per heavy atom. The van der Waals surface area contributed by atoms with Gasteiger partial charge in [-0.25, -0.2) is 9.78 Å². The number of β-lactam (4-membered cyclic amide) rings is 1. The summed E-state index contributed by atoms with van der Waals surface area (Å²) in [5.74, 6) is -0.186. The fourth-order valence-electron chi connectivity index (χ4n) is 4.27. The summed E-state index contributed by atoms with van der Waals surface area (Å²) in [6.45, 7) is 0.0106. The predicted octanol–water partition coefficient (Wildman–Crippen LogP) is 5.11. The minimum Gasteiger partial charge on any atom is -0.497 e. The zero-order valence-electron chi connectivity index (χ0n) is 21.1. The molecule has 0 saturated carbocycles. The van der Waals surface area contributed by atoms with Crippen molar-refractivity contribution in [3.05, 3.63) is 97.6 Å². The molecule has 12 heteroatoms. The molecule has 1 fully saturated rings. The average molecular weight is 617 g/mol. The molecule has 40 heavy (non-hydrogen) atoms. The van der Waals surface area contributed by atoms with Crippen LogP contribution in [0.4, 0.5) is 0 Å². The van der Waals surface area contributed by atoms with Crippen LogP contribution in [0.1, 0.15) is 16.0 Å². The summed E-state index contributed by atoms with van der Waals surface area (Å²) >= 11 is 14.8. The normalized spacial score (nSPS) is 18.4. The molecule has 2 aromatic carbocycles. The number of aromatic nitrogens is 1. The van der Waals surface area contributed by atoms with Crippen molar-refractivity contribution >= 4 is 70.2 Å². The number of amides is 2. The third-order valence-electron chi connectivity index (χ3n) is 6.26. The molecule has 2 aliphatic rings. The number of halogens is 2. The fraction of sp³-hybridized carbons (Fsp3) is 0.214. The number of methoxy groups -OCH3 is 1. The molecule has 206 valence electrons. The van der Waals surface area contributed by atoms with E-state index in [0.717, 1.165) is 11.1 Å². The van der Waals surface area contributed by atoms with Crippen molar-refractivity contribution in [3.63, 3.8) is 0 Å². The van der Waals surface area contributed by atoms with Gasteiger partial charge in [-0.2, -0.15) is 0 Å². The monoisotopic (exact) mass is 615 g/mol. The topological polar surface area (TPSA) is 97.8 Å². The van der Waals surface area contributed by atoms with Gasteiger partial charge in [0.2, 0.25) is 5.91 Å². The molecule has 8 nitrogen and oxygen atoms in total. The number of allylic oxidation sites excluding steroid dienone is 1. The maximum absolute atomic E-state index is 13.4. The van der Waals surface area contributed by atoms with Gasteiger partial charge in [0.15, 0.2) is 4.47 Å². The molecule has 1 unspecified atom stereocenters. The molecular formula is C28H23Cl2N3O5S2. The van der Waals surface area contributed by atoms with Crippen LogP contribution in [0, 0.1) is 0 Å². The lowest BCUT2D eigenvalue weighted by molar-refractivity contribution is -0.153. The lowest BCUT2D eigenvalue weighted by Gasteiger charge is -2.49. The van der Waals surface area contributed by atoms with Gasteiger partial charge in [0.05, 0.1) is 18.4 Å². The van der Waals surface area contributed by atoms with Crippen LogP contribution in [0.5, 0.6) is 5.75 Å². The number of thioether (sulfide) groups is 1. The van der Waals surface area contributed by atoms with Crippen LogP contribution in [-0.4, -0.2) is 51.9 Å². The first-order valence-corrected chi connectivity index (χ1v) is 14.8. The van der Waals surface area contributed by atoms with E-state index in [0.29, 0.717) is 26.4 Å². The molecule has 5 rings (SSSR count). The fourth-order valence-corrected chi connectivity index (χ4v) is 6.87. The SMILES string of the molecule is COc1ccc(COC(=O)C2=C(C=Cc3sc(Cl)nc3Cl)CS[C@H]3C(NC(=O)Cc4ccccc4)C(=O)N23)cc1. The summed E-state index contributed by atoms with van der Waals surface area (Å²) in [5, 5.41) is 2.64. The number of rotatable bonds is 9. The number of nitrogens with one attached hydrogen (secondary N) is 1. The average Bonchev–Trinajstić information content (AvgIpc) is 3.29. The van der Waals surface area contributed by atoms with Crippen molar-refractivity contribution in [3.8, 4) is 5.75 Å². The Bertz CT molecular complexity index is 1490. The summed E-state index contributed by atoms with van der Waals surface area (Å²) < 4.78 is 11.1. The van der Waals surface area contributed by atoms with Crippen LogP contribution < -0.4 is 10.1 Å². The quantitative estimate of drug-likeness (QED) is 0.264. The molecule has 0 radical (unpaired) electrons. The lowest BCUT2D eigenvalue weighted by atomic mass is 10.0. The van der Waals surface area contributed by atoms with Gasteiger partial charge in [-0.05, 0) is 34.9 Å². The molecule has 2 amide bonds. The van der Waals surface area contributed by atoms with Gasteiger partial charge in [0, 0.05) is 5.75 Å². The molecule has 1 aromatic heterocycles. The highest BCUT2D eigenvalue weighted by molar-refractivity contribution is 8.00. The van der Waals surface area contributed by atoms with Crippen LogP contribution >= 0.6 is 46.3 Å². The van der Waals surface area contributed by atoms with Gasteiger partial charge in [0.25, 0.3) is 5.91 Å². The smallest absolute Gasteiger partial charge is 0.355 e. The second kappa shape index (κ2) is 12.5. The number of benzene rings is 2. The van der Waals surface area contributed by atoms with Crippen molar-refractivity contribution in [2.24, 2.45) is 0 Å². The Morgan fingerprint density at radius 2 is 1.85 bits per heavy atom. The van der Waals surface area contributed by atoms with E-state index in [2.05, 4.69) is 10.3 Å². The van der Waals surface area contributed by atoms with Crippen molar-refractivity contribution in [1.82, 2.24) is 15.2 Å². The molecule has 3 heterocycles. The molecule has 2 atom stereocenters. The van der Waals surface area contributed by atoms with Gasteiger partial charge in [-0.15, -0.1) is 23.1 Å². The standard InChI is InChI=1S/C28H23Cl2N3O5S2/c1-37-19-10-7-17(8-11-19)14-38-27(36)23-18(9-12-20-24(29)32-28(30)40-20)15-39-26-22(25(35)33(23)26)31-21(34)13-16-5-3-2-4-6-16/h2-12,22,26H,13-15H2,1H3,(H,31,34)/t22?,26-/m0/s1. The van der Waals surface area contributed by atoms with E-state index >= 15 is 0 Å². The number of esters is 1. The van der Waals surface area contributed by atoms with E-state index < -0.39 is 17.4 Å². The highest BCUT2D eigenvalue weighted by Crippen LogP contribution is 2.41. The summed E-state index contributed by atoms with van der Waals surface area (Å²) in [5.41, 5.74) is 2.33. The molecule has 2 aliphatic heterocycles. The Kier molecular flexibility index (Phi) is 8.80. The largest absolute Gasteiger partial charge is 0.497 e. The van der Waals surface area contributed by atoms with Crippen molar-refractivity contribution in [2.45, 2.75) is 24.4 Å². The minimum atomic E-state index is -0.745. The van der Waals surface area contributed by atoms with Crippen LogP contribution in [0.3, 0.4) is 0 Å². The van der Waals surface area contributed by atoms with Crippen LogP contribution in [0.15, 0.2) is 71.9 Å². The molecule has 0 bridgehead atoms. The first-order valence-electron chi connectivity index (χ1n) is 12.1. The molecule has 1 saturated heterocycles. The number of carbonyl (C=O) groups is 3. The summed E-state index contributed by atoms with van der Waals surface area (Å²) in [6.07, 6.45) is 3.58. The van der Waals surface area contributed by atoms with Crippen LogP contribution in [0.25, 0.3) is 6.08 Å². The zero-order chi connectivity index (χ0) is 28.2. The van der Waals surface area contributed by atoms with E-state index in [1.165, 1.54) is 28.0 Å². The molecule has 0 spiro atoms. The second-order valence-electron chi connectivity index (χ2n) is 8.87. The minimum absolute atomic E-state index is 0.0106. The first kappa shape index (κ1) is 28.2. The second-order valence-corrected chi connectivity index (χ2v) is 11.9. The van der Waals surface area contributed by atoms with Gasteiger partial charge in [0.1, 0.15) is 34.6 Å². The van der Waals surface area contributed by atoms with Crippen molar-refractivity contribution < 1.29 is 23.9 Å². The Hall–Kier alpha value is -3.31. The number of nitrogens with zero attached hydrogens (tertiary/aromatic N) is 2. The highest BCUT2D eigenvalue weighted by atomic mass is 35.5. The molecule has 3 aromatic rings. The summed E-state index contributed by atoms with van der Waals surface area (Å²) in [7, 11) is 1.57. The number of thiazole rings is 1. The summed E-state index contributed by atoms with van der Waals surface area (Å²) in [6, 6.07) is 15.7. The Balaban J connectivity index is 1.35. The van der Waals surface area contributed by atoms with Crippen molar-refractivity contribution in [1.29, 1.82) is 0 Å². The molecule has 0 aliphatic carbocycles.